The SMILES string of the molecule is COCC[C@H](NS(N)(=O)=O)c1ccc(Cl)c(Cl)c1. The number of nitrogens with two attached hydrogens (primary N) is 1. The minimum absolute atomic E-state index is 0.354. The van der Waals surface area contributed by atoms with Crippen LogP contribution in [0.5, 0.6) is 0 Å². The number of nitrogens with one attached hydrogen (secondary N) is 1. The maximum Gasteiger partial charge on any atom is 0.274 e. The van der Waals surface area contributed by atoms with Crippen molar-refractivity contribution in [1.29, 1.82) is 0 Å². The van der Waals surface area contributed by atoms with Gasteiger partial charge in [-0.1, -0.05) is 29.3 Å². The lowest BCUT2D eigenvalue weighted by atomic mass is 10.1. The molecule has 0 heterocycles. The Kier molecular flexibility index (Phi) is 5.84. The molecule has 0 aliphatic rings. The summed E-state index contributed by atoms with van der Waals surface area (Å²) in [5.41, 5.74) is 0.676. The van der Waals surface area contributed by atoms with E-state index in [0.717, 1.165) is 0 Å². The third-order valence-corrected chi connectivity index (χ3v) is 3.62. The first-order valence-electron chi connectivity index (χ1n) is 5.07. The van der Waals surface area contributed by atoms with E-state index in [0.29, 0.717) is 28.6 Å². The van der Waals surface area contributed by atoms with E-state index < -0.39 is 16.3 Å². The zero-order chi connectivity index (χ0) is 13.8. The van der Waals surface area contributed by atoms with Gasteiger partial charge in [0.05, 0.1) is 16.1 Å². The Labute approximate surface area is 116 Å². The van der Waals surface area contributed by atoms with Gasteiger partial charge in [-0.25, -0.2) is 5.14 Å². The van der Waals surface area contributed by atoms with E-state index in [-0.39, 0.29) is 0 Å². The molecule has 1 aromatic carbocycles. The normalized spacial score (nSPS) is 13.6. The first kappa shape index (κ1) is 15.7. The van der Waals surface area contributed by atoms with Crippen molar-refractivity contribution in [3.63, 3.8) is 0 Å². The van der Waals surface area contributed by atoms with Gasteiger partial charge in [-0.2, -0.15) is 13.1 Å². The van der Waals surface area contributed by atoms with Crippen molar-refractivity contribution < 1.29 is 13.2 Å². The highest BCUT2D eigenvalue weighted by molar-refractivity contribution is 7.87. The van der Waals surface area contributed by atoms with Crippen LogP contribution in [-0.2, 0) is 14.9 Å². The molecule has 0 unspecified atom stereocenters. The molecule has 1 atom stereocenters. The van der Waals surface area contributed by atoms with Gasteiger partial charge in [0.2, 0.25) is 0 Å². The average molecular weight is 313 g/mol. The van der Waals surface area contributed by atoms with Crippen molar-refractivity contribution in [1.82, 2.24) is 4.72 Å². The highest BCUT2D eigenvalue weighted by atomic mass is 35.5. The molecular weight excluding hydrogens is 299 g/mol. The van der Waals surface area contributed by atoms with Gasteiger partial charge in [-0.15, -0.1) is 0 Å². The van der Waals surface area contributed by atoms with Crippen LogP contribution < -0.4 is 9.86 Å². The number of rotatable bonds is 6. The van der Waals surface area contributed by atoms with Crippen LogP contribution in [0.3, 0.4) is 0 Å². The van der Waals surface area contributed by atoms with Crippen LogP contribution in [0.1, 0.15) is 18.0 Å². The minimum Gasteiger partial charge on any atom is -0.385 e. The van der Waals surface area contributed by atoms with E-state index in [1.807, 2.05) is 0 Å². The van der Waals surface area contributed by atoms with E-state index in [4.69, 9.17) is 33.1 Å². The maximum absolute atomic E-state index is 11.1. The molecule has 0 aliphatic carbocycles. The Balaban J connectivity index is 2.97. The van der Waals surface area contributed by atoms with E-state index in [1.54, 1.807) is 18.2 Å². The monoisotopic (exact) mass is 312 g/mol. The van der Waals surface area contributed by atoms with E-state index >= 15 is 0 Å². The van der Waals surface area contributed by atoms with Gasteiger partial charge in [0.15, 0.2) is 0 Å². The predicted molar refractivity (Wildman–Crippen MR) is 71.9 cm³/mol. The Hall–Kier alpha value is -0.370. The summed E-state index contributed by atoms with van der Waals surface area (Å²) >= 11 is 11.7. The van der Waals surface area contributed by atoms with Gasteiger partial charge < -0.3 is 4.74 Å². The topological polar surface area (TPSA) is 81.4 Å². The summed E-state index contributed by atoms with van der Waals surface area (Å²) in [4.78, 5) is 0. The van der Waals surface area contributed by atoms with Crippen LogP contribution in [0.2, 0.25) is 10.0 Å². The number of hydrogen-bond acceptors (Lipinski definition) is 3. The summed E-state index contributed by atoms with van der Waals surface area (Å²) in [7, 11) is -2.28. The largest absolute Gasteiger partial charge is 0.385 e. The molecule has 1 rings (SSSR count). The molecule has 0 radical (unpaired) electrons. The molecule has 18 heavy (non-hydrogen) atoms. The van der Waals surface area contributed by atoms with Gasteiger partial charge in [0.25, 0.3) is 10.2 Å². The second-order valence-electron chi connectivity index (χ2n) is 3.67. The number of methoxy groups -OCH3 is 1. The second-order valence-corrected chi connectivity index (χ2v) is 5.81. The fourth-order valence-corrected chi connectivity index (χ4v) is 2.41. The minimum atomic E-state index is -3.81. The van der Waals surface area contributed by atoms with Crippen LogP contribution in [0, 0.1) is 0 Å². The summed E-state index contributed by atoms with van der Waals surface area (Å²) in [6, 6.07) is 4.38. The molecule has 0 amide bonds. The first-order valence-corrected chi connectivity index (χ1v) is 7.37. The molecule has 102 valence electrons. The van der Waals surface area contributed by atoms with Crippen molar-refractivity contribution in [3.05, 3.63) is 33.8 Å². The number of ether oxygens (including phenoxy) is 1. The second kappa shape index (κ2) is 6.70. The van der Waals surface area contributed by atoms with Crippen LogP contribution in [0.15, 0.2) is 18.2 Å². The van der Waals surface area contributed by atoms with Gasteiger partial charge in [-0.05, 0) is 24.1 Å². The lowest BCUT2D eigenvalue weighted by Crippen LogP contribution is -2.34. The smallest absolute Gasteiger partial charge is 0.274 e. The van der Waals surface area contributed by atoms with Gasteiger partial charge in [0, 0.05) is 13.7 Å². The first-order chi connectivity index (χ1) is 8.33. The molecule has 5 nitrogen and oxygen atoms in total. The number of benzene rings is 1. The van der Waals surface area contributed by atoms with Crippen molar-refractivity contribution >= 4 is 33.4 Å². The van der Waals surface area contributed by atoms with Crippen molar-refractivity contribution in [2.45, 2.75) is 12.5 Å². The quantitative estimate of drug-likeness (QED) is 0.841. The zero-order valence-corrected chi connectivity index (χ0v) is 12.0. The number of hydrogen-bond donors (Lipinski definition) is 2. The molecule has 0 aliphatic heterocycles. The van der Waals surface area contributed by atoms with Crippen LogP contribution >= 0.6 is 23.2 Å². The molecular formula is C10H14Cl2N2O3S. The third kappa shape index (κ3) is 5.09. The summed E-state index contributed by atoms with van der Waals surface area (Å²) in [5, 5.41) is 5.73. The Morgan fingerprint density at radius 1 is 1.39 bits per heavy atom. The fourth-order valence-electron chi connectivity index (χ4n) is 1.46. The van der Waals surface area contributed by atoms with Crippen molar-refractivity contribution in [2.75, 3.05) is 13.7 Å². The van der Waals surface area contributed by atoms with E-state index in [2.05, 4.69) is 4.72 Å². The van der Waals surface area contributed by atoms with Crippen LogP contribution in [0.4, 0.5) is 0 Å². The summed E-state index contributed by atoms with van der Waals surface area (Å²) in [6.45, 7) is 0.382. The molecule has 1 aromatic rings. The average Bonchev–Trinajstić information content (AvgIpc) is 2.26. The Morgan fingerprint density at radius 3 is 2.56 bits per heavy atom. The molecule has 0 fully saturated rings. The lowest BCUT2D eigenvalue weighted by Gasteiger charge is -2.17. The maximum atomic E-state index is 11.1. The molecule has 0 saturated carbocycles. The lowest BCUT2D eigenvalue weighted by molar-refractivity contribution is 0.186. The van der Waals surface area contributed by atoms with Gasteiger partial charge >= 0.3 is 0 Å². The number of halogens is 2. The van der Waals surface area contributed by atoms with Crippen molar-refractivity contribution in [3.8, 4) is 0 Å². The van der Waals surface area contributed by atoms with E-state index in [9.17, 15) is 8.42 Å². The van der Waals surface area contributed by atoms with Gasteiger partial charge in [-0.3, -0.25) is 0 Å². The Morgan fingerprint density at radius 2 is 2.06 bits per heavy atom. The van der Waals surface area contributed by atoms with Crippen molar-refractivity contribution in [2.24, 2.45) is 5.14 Å². The van der Waals surface area contributed by atoms with E-state index in [1.165, 1.54) is 7.11 Å². The summed E-state index contributed by atoms with van der Waals surface area (Å²) in [6.07, 6.45) is 0.435. The standard InChI is InChI=1S/C10H14Cl2N2O3S/c1-17-5-4-10(14-18(13,15)16)7-2-3-8(11)9(12)6-7/h2-3,6,10,14H,4-5H2,1H3,(H2,13,15,16)/t10-/m0/s1. The summed E-state index contributed by atoms with van der Waals surface area (Å²) in [5.74, 6) is 0. The highest BCUT2D eigenvalue weighted by Crippen LogP contribution is 2.27. The zero-order valence-electron chi connectivity index (χ0n) is 9.69. The third-order valence-electron chi connectivity index (χ3n) is 2.26. The van der Waals surface area contributed by atoms with Crippen LogP contribution in [-0.4, -0.2) is 22.1 Å². The molecule has 0 spiro atoms. The molecule has 0 aromatic heterocycles. The predicted octanol–water partition coefficient (Wildman–Crippen LogP) is 1.86. The van der Waals surface area contributed by atoms with Gasteiger partial charge in [0.1, 0.15) is 0 Å². The highest BCUT2D eigenvalue weighted by Gasteiger charge is 2.17. The Bertz CT molecular complexity index is 508. The summed E-state index contributed by atoms with van der Waals surface area (Å²) < 4.78 is 29.4. The molecule has 0 bridgehead atoms. The molecule has 8 heteroatoms. The fraction of sp³-hybridized carbons (Fsp3) is 0.400. The molecule has 3 N–H and O–H groups in total. The molecule has 0 saturated heterocycles. The van der Waals surface area contributed by atoms with Crippen LogP contribution in [0.25, 0.3) is 0 Å².